The molecule has 1 aromatic carbocycles. The van der Waals surface area contributed by atoms with Crippen LogP contribution in [0.1, 0.15) is 19.4 Å². The molecule has 0 fully saturated rings. The molecule has 0 radical (unpaired) electrons. The van der Waals surface area contributed by atoms with Gasteiger partial charge in [0.2, 0.25) is 0 Å². The lowest BCUT2D eigenvalue weighted by molar-refractivity contribution is 0.585. The van der Waals surface area contributed by atoms with Crippen molar-refractivity contribution < 1.29 is 0 Å². The lowest BCUT2D eigenvalue weighted by Gasteiger charge is -2.14. The standard InChI is InChI=1S/C18H19ClN4O/c1-12(2)20-11-15-17(21-14-7-5-6-13(19)10-14)22-16-8-3-4-9-23(16)18(15)24/h3-10,12,20-21H,11H2,1-2H3. The molecule has 6 heteroatoms. The number of halogens is 1. The highest BCUT2D eigenvalue weighted by Crippen LogP contribution is 2.21. The van der Waals surface area contributed by atoms with Crippen molar-refractivity contribution in [3.05, 3.63) is 69.6 Å². The Morgan fingerprint density at radius 2 is 2.04 bits per heavy atom. The summed E-state index contributed by atoms with van der Waals surface area (Å²) in [4.78, 5) is 17.4. The SMILES string of the molecule is CC(C)NCc1c(Nc2cccc(Cl)c2)nc2ccccn2c1=O. The van der Waals surface area contributed by atoms with Gasteiger partial charge in [0.05, 0.1) is 5.56 Å². The van der Waals surface area contributed by atoms with Gasteiger partial charge in [-0.25, -0.2) is 4.98 Å². The molecule has 0 unspecified atom stereocenters. The molecule has 0 atom stereocenters. The second kappa shape index (κ2) is 7.03. The maximum atomic E-state index is 12.8. The van der Waals surface area contributed by atoms with Gasteiger partial charge in [-0.05, 0) is 30.3 Å². The zero-order valence-electron chi connectivity index (χ0n) is 13.6. The van der Waals surface area contributed by atoms with Crippen LogP contribution in [0.25, 0.3) is 5.65 Å². The van der Waals surface area contributed by atoms with Crippen molar-refractivity contribution in [2.24, 2.45) is 0 Å². The van der Waals surface area contributed by atoms with E-state index in [-0.39, 0.29) is 11.6 Å². The third-order valence-corrected chi connectivity index (χ3v) is 3.84. The zero-order chi connectivity index (χ0) is 17.1. The summed E-state index contributed by atoms with van der Waals surface area (Å²) in [6, 6.07) is 13.1. The molecule has 2 heterocycles. The van der Waals surface area contributed by atoms with E-state index in [9.17, 15) is 4.79 Å². The predicted octanol–water partition coefficient (Wildman–Crippen LogP) is 3.59. The van der Waals surface area contributed by atoms with Crippen LogP contribution in [0, 0.1) is 0 Å². The molecule has 2 aromatic heterocycles. The highest BCUT2D eigenvalue weighted by molar-refractivity contribution is 6.30. The third kappa shape index (κ3) is 3.58. The first-order valence-electron chi connectivity index (χ1n) is 7.81. The van der Waals surface area contributed by atoms with Gasteiger partial charge in [-0.15, -0.1) is 0 Å². The quantitative estimate of drug-likeness (QED) is 0.744. The van der Waals surface area contributed by atoms with Gasteiger partial charge >= 0.3 is 0 Å². The molecule has 0 aliphatic heterocycles. The van der Waals surface area contributed by atoms with Crippen LogP contribution in [0.4, 0.5) is 11.5 Å². The van der Waals surface area contributed by atoms with Crippen LogP contribution in [0.2, 0.25) is 5.02 Å². The summed E-state index contributed by atoms with van der Waals surface area (Å²) >= 11 is 6.04. The second-order valence-corrected chi connectivity index (χ2v) is 6.28. The van der Waals surface area contributed by atoms with Crippen LogP contribution in [0.3, 0.4) is 0 Å². The number of rotatable bonds is 5. The van der Waals surface area contributed by atoms with Crippen molar-refractivity contribution in [3.63, 3.8) is 0 Å². The van der Waals surface area contributed by atoms with Crippen molar-refractivity contribution in [2.45, 2.75) is 26.4 Å². The molecule has 0 aliphatic rings. The molecule has 3 aromatic rings. The Bertz CT molecular complexity index is 920. The van der Waals surface area contributed by atoms with Crippen LogP contribution < -0.4 is 16.2 Å². The Morgan fingerprint density at radius 3 is 2.79 bits per heavy atom. The molecule has 2 N–H and O–H groups in total. The molecule has 0 spiro atoms. The van der Waals surface area contributed by atoms with Gasteiger partial charge in [-0.2, -0.15) is 0 Å². The lowest BCUT2D eigenvalue weighted by atomic mass is 10.2. The number of aromatic nitrogens is 2. The Hall–Kier alpha value is -2.37. The number of nitrogens with zero attached hydrogens (tertiary/aromatic N) is 2. The topological polar surface area (TPSA) is 58.4 Å². The first kappa shape index (κ1) is 16.5. The Balaban J connectivity index is 2.09. The maximum absolute atomic E-state index is 12.8. The number of anilines is 2. The van der Waals surface area contributed by atoms with Crippen LogP contribution in [0.5, 0.6) is 0 Å². The van der Waals surface area contributed by atoms with E-state index in [1.807, 2.05) is 44.2 Å². The molecule has 124 valence electrons. The van der Waals surface area contributed by atoms with E-state index in [4.69, 9.17) is 11.6 Å². The summed E-state index contributed by atoms with van der Waals surface area (Å²) in [5.74, 6) is 0.543. The van der Waals surface area contributed by atoms with E-state index in [2.05, 4.69) is 15.6 Å². The molecular weight excluding hydrogens is 324 g/mol. The molecule has 3 rings (SSSR count). The van der Waals surface area contributed by atoms with E-state index >= 15 is 0 Å². The molecule has 24 heavy (non-hydrogen) atoms. The van der Waals surface area contributed by atoms with Gasteiger partial charge in [-0.1, -0.05) is 37.6 Å². The maximum Gasteiger partial charge on any atom is 0.264 e. The van der Waals surface area contributed by atoms with Crippen LogP contribution in [-0.4, -0.2) is 15.4 Å². The lowest BCUT2D eigenvalue weighted by Crippen LogP contribution is -2.29. The van der Waals surface area contributed by atoms with Gasteiger partial charge in [0.25, 0.3) is 5.56 Å². The summed E-state index contributed by atoms with van der Waals surface area (Å²) in [7, 11) is 0. The minimum absolute atomic E-state index is 0.0849. The van der Waals surface area contributed by atoms with Gasteiger partial charge in [0, 0.05) is 29.5 Å². The second-order valence-electron chi connectivity index (χ2n) is 5.84. The fraction of sp³-hybridized carbons (Fsp3) is 0.222. The van der Waals surface area contributed by atoms with E-state index in [0.717, 1.165) is 5.69 Å². The Labute approximate surface area is 145 Å². The molecule has 0 saturated heterocycles. The van der Waals surface area contributed by atoms with E-state index in [1.165, 1.54) is 0 Å². The van der Waals surface area contributed by atoms with Crippen LogP contribution in [0.15, 0.2) is 53.5 Å². The van der Waals surface area contributed by atoms with Crippen LogP contribution in [-0.2, 0) is 6.54 Å². The van der Waals surface area contributed by atoms with Crippen LogP contribution >= 0.6 is 11.6 Å². The van der Waals surface area contributed by atoms with Gasteiger partial charge in [-0.3, -0.25) is 9.20 Å². The van der Waals surface area contributed by atoms with E-state index < -0.39 is 0 Å². The summed E-state index contributed by atoms with van der Waals surface area (Å²) in [6.07, 6.45) is 1.73. The number of hydrogen-bond acceptors (Lipinski definition) is 4. The van der Waals surface area contributed by atoms with Crippen molar-refractivity contribution in [1.29, 1.82) is 0 Å². The van der Waals surface area contributed by atoms with E-state index in [1.54, 1.807) is 22.7 Å². The van der Waals surface area contributed by atoms with E-state index in [0.29, 0.717) is 28.6 Å². The Kier molecular flexibility index (Phi) is 4.83. The number of benzene rings is 1. The average molecular weight is 343 g/mol. The highest BCUT2D eigenvalue weighted by Gasteiger charge is 2.13. The summed E-state index contributed by atoms with van der Waals surface area (Å²) in [5.41, 5.74) is 1.89. The summed E-state index contributed by atoms with van der Waals surface area (Å²) in [6.45, 7) is 4.51. The number of hydrogen-bond donors (Lipinski definition) is 2. The molecule has 0 bridgehead atoms. The highest BCUT2D eigenvalue weighted by atomic mass is 35.5. The van der Waals surface area contributed by atoms with Gasteiger partial charge in [0.1, 0.15) is 11.5 Å². The minimum Gasteiger partial charge on any atom is -0.340 e. The normalized spacial score (nSPS) is 11.2. The van der Waals surface area contributed by atoms with Crippen molar-refractivity contribution in [2.75, 3.05) is 5.32 Å². The largest absolute Gasteiger partial charge is 0.340 e. The molecule has 0 amide bonds. The Morgan fingerprint density at radius 1 is 1.21 bits per heavy atom. The predicted molar refractivity (Wildman–Crippen MR) is 98.2 cm³/mol. The van der Waals surface area contributed by atoms with Gasteiger partial charge < -0.3 is 10.6 Å². The fourth-order valence-corrected chi connectivity index (χ4v) is 2.59. The first-order chi connectivity index (χ1) is 11.5. The third-order valence-electron chi connectivity index (χ3n) is 3.60. The van der Waals surface area contributed by atoms with Crippen molar-refractivity contribution in [3.8, 4) is 0 Å². The molecule has 5 nitrogen and oxygen atoms in total. The molecule has 0 aliphatic carbocycles. The fourth-order valence-electron chi connectivity index (χ4n) is 2.40. The average Bonchev–Trinajstić information content (AvgIpc) is 2.54. The van der Waals surface area contributed by atoms with Gasteiger partial charge in [0.15, 0.2) is 0 Å². The monoisotopic (exact) mass is 342 g/mol. The zero-order valence-corrected chi connectivity index (χ0v) is 14.3. The first-order valence-corrected chi connectivity index (χ1v) is 8.18. The minimum atomic E-state index is -0.0849. The molecular formula is C18H19ClN4O. The number of fused-ring (bicyclic) bond motifs is 1. The van der Waals surface area contributed by atoms with Crippen molar-refractivity contribution in [1.82, 2.24) is 14.7 Å². The van der Waals surface area contributed by atoms with Crippen molar-refractivity contribution >= 4 is 28.8 Å². The number of nitrogens with one attached hydrogen (secondary N) is 2. The number of pyridine rings is 1. The smallest absolute Gasteiger partial charge is 0.264 e. The summed E-state index contributed by atoms with van der Waals surface area (Å²) in [5, 5.41) is 7.13. The molecule has 0 saturated carbocycles. The summed E-state index contributed by atoms with van der Waals surface area (Å²) < 4.78 is 1.56.